The van der Waals surface area contributed by atoms with Gasteiger partial charge in [0.2, 0.25) is 0 Å². The van der Waals surface area contributed by atoms with E-state index in [2.05, 4.69) is 0 Å². The third-order valence-electron chi connectivity index (χ3n) is 1.53. The average molecular weight is 245 g/mol. The molecule has 13 heavy (non-hydrogen) atoms. The molecule has 0 heterocycles. The predicted octanol–water partition coefficient (Wildman–Crippen LogP) is 3.57. The van der Waals surface area contributed by atoms with Crippen molar-refractivity contribution in [2.24, 2.45) is 5.73 Å². The summed E-state index contributed by atoms with van der Waals surface area (Å²) in [6.07, 6.45) is 0. The van der Waals surface area contributed by atoms with E-state index >= 15 is 0 Å². The van der Waals surface area contributed by atoms with E-state index in [1.807, 2.05) is 0 Å². The Hall–Kier alpha value is -0.0200. The van der Waals surface area contributed by atoms with Gasteiger partial charge in [-0.2, -0.15) is 0 Å². The normalized spacial score (nSPS) is 12.1. The van der Waals surface area contributed by atoms with Crippen LogP contribution >= 0.6 is 35.6 Å². The first-order chi connectivity index (χ1) is 5.54. The third-order valence-corrected chi connectivity index (χ3v) is 2.25. The van der Waals surface area contributed by atoms with Gasteiger partial charge in [0.25, 0.3) is 0 Å². The van der Waals surface area contributed by atoms with E-state index in [1.54, 1.807) is 6.92 Å². The summed E-state index contributed by atoms with van der Waals surface area (Å²) in [6.45, 7) is 1.70. The lowest BCUT2D eigenvalue weighted by atomic mass is 10.1. The smallest absolute Gasteiger partial charge is 0.142 e. The molecule has 74 valence electrons. The van der Waals surface area contributed by atoms with E-state index < -0.39 is 5.82 Å². The van der Waals surface area contributed by atoms with Gasteiger partial charge in [0, 0.05) is 16.6 Å². The molecule has 0 fully saturated rings. The van der Waals surface area contributed by atoms with Crippen LogP contribution in [-0.2, 0) is 0 Å². The van der Waals surface area contributed by atoms with Crippen molar-refractivity contribution in [3.8, 4) is 0 Å². The number of hydrogen-bond acceptors (Lipinski definition) is 1. The van der Waals surface area contributed by atoms with Crippen LogP contribution in [0, 0.1) is 5.82 Å². The molecule has 2 N–H and O–H groups in total. The standard InChI is InChI=1S/C8H8Cl2FN.ClH/c1-4(12)7-5(9)2-3-6(11)8(7)10;/h2-4H,12H2,1H3;1H/t4-;/m0./s1. The van der Waals surface area contributed by atoms with E-state index in [0.717, 1.165) is 0 Å². The molecule has 0 unspecified atom stereocenters. The SMILES string of the molecule is C[C@H](N)c1c(Cl)ccc(F)c1Cl.Cl. The van der Waals surface area contributed by atoms with Gasteiger partial charge in [-0.25, -0.2) is 4.39 Å². The molecular weight excluding hydrogens is 235 g/mol. The zero-order chi connectivity index (χ0) is 9.30. The highest BCUT2D eigenvalue weighted by Crippen LogP contribution is 2.30. The topological polar surface area (TPSA) is 26.0 Å². The van der Waals surface area contributed by atoms with Crippen LogP contribution < -0.4 is 5.73 Å². The highest BCUT2D eigenvalue weighted by molar-refractivity contribution is 6.36. The van der Waals surface area contributed by atoms with Crippen molar-refractivity contribution >= 4 is 35.6 Å². The Morgan fingerprint density at radius 2 is 1.92 bits per heavy atom. The minimum atomic E-state index is -0.492. The quantitative estimate of drug-likeness (QED) is 0.751. The van der Waals surface area contributed by atoms with Crippen LogP contribution in [0.5, 0.6) is 0 Å². The fourth-order valence-corrected chi connectivity index (χ4v) is 1.67. The lowest BCUT2D eigenvalue weighted by Crippen LogP contribution is -2.07. The van der Waals surface area contributed by atoms with Crippen LogP contribution in [0.4, 0.5) is 4.39 Å². The Morgan fingerprint density at radius 3 is 2.31 bits per heavy atom. The van der Waals surface area contributed by atoms with E-state index in [0.29, 0.717) is 10.6 Å². The van der Waals surface area contributed by atoms with Crippen LogP contribution in [-0.4, -0.2) is 0 Å². The van der Waals surface area contributed by atoms with Crippen LogP contribution in [0.1, 0.15) is 18.5 Å². The maximum atomic E-state index is 12.9. The van der Waals surface area contributed by atoms with Crippen molar-refractivity contribution < 1.29 is 4.39 Å². The summed E-state index contributed by atoms with van der Waals surface area (Å²) in [5.74, 6) is -0.492. The Bertz CT molecular complexity index is 302. The molecule has 0 aliphatic rings. The second kappa shape index (κ2) is 5.01. The Morgan fingerprint density at radius 1 is 1.38 bits per heavy atom. The fourth-order valence-electron chi connectivity index (χ4n) is 0.960. The zero-order valence-electron chi connectivity index (χ0n) is 6.85. The van der Waals surface area contributed by atoms with Crippen LogP contribution in [0.2, 0.25) is 10.0 Å². The highest BCUT2D eigenvalue weighted by Gasteiger charge is 2.13. The minimum Gasteiger partial charge on any atom is -0.324 e. The molecule has 1 atom stereocenters. The number of halogens is 4. The van der Waals surface area contributed by atoms with E-state index in [1.165, 1.54) is 12.1 Å². The molecule has 0 spiro atoms. The van der Waals surface area contributed by atoms with Gasteiger partial charge < -0.3 is 5.73 Å². The summed E-state index contributed by atoms with van der Waals surface area (Å²) in [6, 6.07) is 2.30. The summed E-state index contributed by atoms with van der Waals surface area (Å²) < 4.78 is 12.9. The highest BCUT2D eigenvalue weighted by atomic mass is 35.5. The molecule has 0 saturated heterocycles. The third kappa shape index (κ3) is 2.71. The van der Waals surface area contributed by atoms with Crippen LogP contribution in [0.15, 0.2) is 12.1 Å². The molecule has 0 radical (unpaired) electrons. The van der Waals surface area contributed by atoms with Gasteiger partial charge in [-0.3, -0.25) is 0 Å². The molecular formula is C8H9Cl3FN. The van der Waals surface area contributed by atoms with Gasteiger partial charge in [0.1, 0.15) is 5.82 Å². The van der Waals surface area contributed by atoms with Gasteiger partial charge in [-0.15, -0.1) is 12.4 Å². The minimum absolute atomic E-state index is 0. The maximum Gasteiger partial charge on any atom is 0.142 e. The van der Waals surface area contributed by atoms with Gasteiger partial charge in [0.15, 0.2) is 0 Å². The molecule has 5 heteroatoms. The number of rotatable bonds is 1. The molecule has 0 bridgehead atoms. The second-order valence-electron chi connectivity index (χ2n) is 2.55. The lowest BCUT2D eigenvalue weighted by molar-refractivity contribution is 0.623. The molecule has 0 amide bonds. The summed E-state index contributed by atoms with van der Waals surface area (Å²) in [4.78, 5) is 0. The fraction of sp³-hybridized carbons (Fsp3) is 0.250. The molecule has 1 aromatic rings. The summed E-state index contributed by atoms with van der Waals surface area (Å²) >= 11 is 11.4. The van der Waals surface area contributed by atoms with Crippen molar-refractivity contribution in [2.75, 3.05) is 0 Å². The van der Waals surface area contributed by atoms with E-state index in [4.69, 9.17) is 28.9 Å². The Labute approximate surface area is 92.4 Å². The largest absolute Gasteiger partial charge is 0.324 e. The number of benzene rings is 1. The van der Waals surface area contributed by atoms with Crippen molar-refractivity contribution in [3.05, 3.63) is 33.6 Å². The second-order valence-corrected chi connectivity index (χ2v) is 3.33. The van der Waals surface area contributed by atoms with Crippen molar-refractivity contribution in [3.63, 3.8) is 0 Å². The molecule has 1 nitrogen and oxygen atoms in total. The maximum absolute atomic E-state index is 12.9. The van der Waals surface area contributed by atoms with Crippen molar-refractivity contribution in [2.45, 2.75) is 13.0 Å². The van der Waals surface area contributed by atoms with Crippen molar-refractivity contribution in [1.29, 1.82) is 0 Å². The zero-order valence-corrected chi connectivity index (χ0v) is 9.18. The van der Waals surface area contributed by atoms with Gasteiger partial charge >= 0.3 is 0 Å². The molecule has 0 aliphatic carbocycles. The molecule has 0 aromatic heterocycles. The number of nitrogens with two attached hydrogens (primary N) is 1. The predicted molar refractivity (Wildman–Crippen MR) is 56.3 cm³/mol. The summed E-state index contributed by atoms with van der Waals surface area (Å²) in [5, 5.41) is 0.411. The number of hydrogen-bond donors (Lipinski definition) is 1. The van der Waals surface area contributed by atoms with Gasteiger partial charge in [0.05, 0.1) is 5.02 Å². The first kappa shape index (κ1) is 13.0. The first-order valence-electron chi connectivity index (χ1n) is 3.43. The van der Waals surface area contributed by atoms with Crippen LogP contribution in [0.3, 0.4) is 0 Å². The molecule has 1 rings (SSSR count). The van der Waals surface area contributed by atoms with Crippen molar-refractivity contribution in [1.82, 2.24) is 0 Å². The monoisotopic (exact) mass is 243 g/mol. The van der Waals surface area contributed by atoms with Gasteiger partial charge in [-0.05, 0) is 19.1 Å². The Balaban J connectivity index is 0.00000144. The summed E-state index contributed by atoms with van der Waals surface area (Å²) in [5.41, 5.74) is 6.01. The van der Waals surface area contributed by atoms with E-state index in [-0.39, 0.29) is 23.5 Å². The molecule has 0 saturated carbocycles. The molecule has 0 aliphatic heterocycles. The summed E-state index contributed by atoms with van der Waals surface area (Å²) in [7, 11) is 0. The van der Waals surface area contributed by atoms with Gasteiger partial charge in [-0.1, -0.05) is 23.2 Å². The average Bonchev–Trinajstić information content (AvgIpc) is 1.97. The lowest BCUT2D eigenvalue weighted by Gasteiger charge is -2.10. The van der Waals surface area contributed by atoms with E-state index in [9.17, 15) is 4.39 Å². The molecule has 1 aromatic carbocycles. The first-order valence-corrected chi connectivity index (χ1v) is 4.18. The van der Waals surface area contributed by atoms with Crippen LogP contribution in [0.25, 0.3) is 0 Å². The Kier molecular flexibility index (Phi) is 5.00.